The van der Waals surface area contributed by atoms with Crippen LogP contribution in [0.3, 0.4) is 0 Å². The van der Waals surface area contributed by atoms with Crippen molar-refractivity contribution in [3.05, 3.63) is 59.9 Å². The Labute approximate surface area is 182 Å². The molecule has 0 radical (unpaired) electrons. The van der Waals surface area contributed by atoms with Crippen molar-refractivity contribution in [2.24, 2.45) is 10.4 Å². The van der Waals surface area contributed by atoms with Gasteiger partial charge in [-0.25, -0.2) is 0 Å². The number of carbonyl (C=O) groups excluding carboxylic acids is 1. The van der Waals surface area contributed by atoms with E-state index in [4.69, 9.17) is 0 Å². The number of allylic oxidation sites excluding steroid dienone is 8. The van der Waals surface area contributed by atoms with Crippen LogP contribution in [-0.2, 0) is 4.79 Å². The Bertz CT molecular complexity index is 790. The average molecular weight is 411 g/mol. The first-order chi connectivity index (χ1) is 14.2. The maximum absolute atomic E-state index is 12.3. The first kappa shape index (κ1) is 24.1. The van der Waals surface area contributed by atoms with E-state index in [1.807, 2.05) is 25.7 Å². The number of hydrogen-bond donors (Lipinski definition) is 1. The van der Waals surface area contributed by atoms with E-state index in [0.29, 0.717) is 6.54 Å². The van der Waals surface area contributed by atoms with Gasteiger partial charge in [0, 0.05) is 18.7 Å². The zero-order valence-corrected chi connectivity index (χ0v) is 19.2. The molecule has 30 heavy (non-hydrogen) atoms. The molecule has 0 aromatic carbocycles. The molecule has 1 fully saturated rings. The SMILES string of the molecule is C=C(C)C1=CCC(CC2(CC(=NC(=O)C(C)O)N(CC)C(=C)C)CCCC2)=CC=C1. The van der Waals surface area contributed by atoms with E-state index < -0.39 is 12.0 Å². The molecular weight excluding hydrogens is 372 g/mol. The Morgan fingerprint density at radius 1 is 1.30 bits per heavy atom. The molecule has 164 valence electrons. The molecule has 0 spiro atoms. The van der Waals surface area contributed by atoms with Gasteiger partial charge in [-0.3, -0.25) is 4.79 Å². The third kappa shape index (κ3) is 6.40. The molecule has 4 heteroatoms. The number of hydrogen-bond acceptors (Lipinski definition) is 2. The van der Waals surface area contributed by atoms with Crippen molar-refractivity contribution in [3.8, 4) is 0 Å². The standard InChI is InChI=1S/C26H38N2O2/c1-7-28(20(4)5)24(27-25(30)21(6)29)18-26(15-8-9-16-26)17-22-11-10-12-23(14-13-22)19(2)3/h10-12,14,21,29H,2,4,7-9,13,15-18H2,1,3,5-6H3. The highest BCUT2D eigenvalue weighted by Gasteiger charge is 2.37. The summed E-state index contributed by atoms with van der Waals surface area (Å²) in [5.74, 6) is 0.254. The van der Waals surface area contributed by atoms with Gasteiger partial charge in [0.25, 0.3) is 5.91 Å². The maximum Gasteiger partial charge on any atom is 0.275 e. The van der Waals surface area contributed by atoms with Crippen molar-refractivity contribution >= 4 is 11.7 Å². The molecular formula is C26H38N2O2. The molecule has 1 saturated carbocycles. The molecule has 0 bridgehead atoms. The second kappa shape index (κ2) is 10.7. The van der Waals surface area contributed by atoms with Crippen LogP contribution in [0.4, 0.5) is 0 Å². The summed E-state index contributed by atoms with van der Waals surface area (Å²) in [5, 5.41) is 9.72. The Morgan fingerprint density at radius 2 is 1.97 bits per heavy atom. The van der Waals surface area contributed by atoms with E-state index in [-0.39, 0.29) is 5.41 Å². The largest absolute Gasteiger partial charge is 0.383 e. The zero-order chi connectivity index (χ0) is 22.3. The van der Waals surface area contributed by atoms with Crippen LogP contribution in [0, 0.1) is 5.41 Å². The lowest BCUT2D eigenvalue weighted by Crippen LogP contribution is -2.35. The van der Waals surface area contributed by atoms with Gasteiger partial charge >= 0.3 is 0 Å². The minimum absolute atomic E-state index is 0.0852. The molecule has 1 atom stereocenters. The van der Waals surface area contributed by atoms with Crippen LogP contribution in [0.5, 0.6) is 0 Å². The van der Waals surface area contributed by atoms with Crippen LogP contribution in [0.2, 0.25) is 0 Å². The Kier molecular flexibility index (Phi) is 8.60. The van der Waals surface area contributed by atoms with E-state index in [0.717, 1.165) is 49.2 Å². The van der Waals surface area contributed by atoms with E-state index >= 15 is 0 Å². The molecule has 0 aliphatic heterocycles. The van der Waals surface area contributed by atoms with Gasteiger partial charge in [0.2, 0.25) is 0 Å². The van der Waals surface area contributed by atoms with Crippen LogP contribution in [-0.4, -0.2) is 34.4 Å². The lowest BCUT2D eigenvalue weighted by atomic mass is 9.75. The number of amidine groups is 1. The van der Waals surface area contributed by atoms with Crippen molar-refractivity contribution in [1.82, 2.24) is 4.90 Å². The molecule has 2 aliphatic rings. The topological polar surface area (TPSA) is 52.9 Å². The van der Waals surface area contributed by atoms with Crippen molar-refractivity contribution in [3.63, 3.8) is 0 Å². The molecule has 2 aliphatic carbocycles. The minimum atomic E-state index is -1.09. The van der Waals surface area contributed by atoms with Crippen LogP contribution in [0.25, 0.3) is 0 Å². The predicted octanol–water partition coefficient (Wildman–Crippen LogP) is 5.88. The summed E-state index contributed by atoms with van der Waals surface area (Å²) in [5.41, 5.74) is 4.65. The summed E-state index contributed by atoms with van der Waals surface area (Å²) in [7, 11) is 0. The summed E-state index contributed by atoms with van der Waals surface area (Å²) < 4.78 is 0. The molecule has 2 rings (SSSR count). The second-order valence-corrected chi connectivity index (χ2v) is 8.91. The van der Waals surface area contributed by atoms with Gasteiger partial charge in [-0.05, 0) is 64.4 Å². The zero-order valence-electron chi connectivity index (χ0n) is 19.2. The highest BCUT2D eigenvalue weighted by molar-refractivity contribution is 5.97. The first-order valence-electron chi connectivity index (χ1n) is 11.1. The smallest absolute Gasteiger partial charge is 0.275 e. The lowest BCUT2D eigenvalue weighted by molar-refractivity contribution is -0.124. The van der Waals surface area contributed by atoms with Crippen LogP contribution in [0.1, 0.15) is 72.6 Å². The normalized spacial score (nSPS) is 19.6. The molecule has 0 aromatic rings. The first-order valence-corrected chi connectivity index (χ1v) is 11.1. The highest BCUT2D eigenvalue weighted by atomic mass is 16.3. The van der Waals surface area contributed by atoms with Gasteiger partial charge in [0.05, 0.1) is 0 Å². The van der Waals surface area contributed by atoms with Gasteiger partial charge in [0.15, 0.2) is 0 Å². The van der Waals surface area contributed by atoms with E-state index in [9.17, 15) is 9.90 Å². The third-order valence-corrected chi connectivity index (χ3v) is 6.17. The number of nitrogens with zero attached hydrogens (tertiary/aromatic N) is 2. The van der Waals surface area contributed by atoms with Crippen molar-refractivity contribution < 1.29 is 9.90 Å². The monoisotopic (exact) mass is 410 g/mol. The fraction of sp³-hybridized carbons (Fsp3) is 0.538. The predicted molar refractivity (Wildman–Crippen MR) is 126 cm³/mol. The average Bonchev–Trinajstić information content (AvgIpc) is 2.98. The number of carbonyl (C=O) groups is 1. The summed E-state index contributed by atoms with van der Waals surface area (Å²) in [4.78, 5) is 18.7. The van der Waals surface area contributed by atoms with E-state index in [1.54, 1.807) is 0 Å². The summed E-state index contributed by atoms with van der Waals surface area (Å²) in [6.07, 6.45) is 15.0. The Hall–Kier alpha value is -2.20. The fourth-order valence-electron chi connectivity index (χ4n) is 4.56. The number of aliphatic hydroxyl groups excluding tert-OH is 1. The van der Waals surface area contributed by atoms with Crippen LogP contribution in [0.15, 0.2) is 64.9 Å². The van der Waals surface area contributed by atoms with Gasteiger partial charge < -0.3 is 10.0 Å². The van der Waals surface area contributed by atoms with Crippen LogP contribution >= 0.6 is 0 Å². The Morgan fingerprint density at radius 3 is 2.50 bits per heavy atom. The van der Waals surface area contributed by atoms with E-state index in [1.165, 1.54) is 30.9 Å². The summed E-state index contributed by atoms with van der Waals surface area (Å²) in [6.45, 7) is 16.3. The molecule has 4 nitrogen and oxygen atoms in total. The summed E-state index contributed by atoms with van der Waals surface area (Å²) >= 11 is 0. The summed E-state index contributed by atoms with van der Waals surface area (Å²) in [6, 6.07) is 0. The third-order valence-electron chi connectivity index (χ3n) is 6.17. The minimum Gasteiger partial charge on any atom is -0.383 e. The van der Waals surface area contributed by atoms with Gasteiger partial charge in [-0.15, -0.1) is 0 Å². The molecule has 1 unspecified atom stereocenters. The Balaban J connectivity index is 2.31. The van der Waals surface area contributed by atoms with Crippen molar-refractivity contribution in [1.29, 1.82) is 0 Å². The number of aliphatic imine (C=N–C) groups is 1. The van der Waals surface area contributed by atoms with Gasteiger partial charge in [-0.2, -0.15) is 4.99 Å². The van der Waals surface area contributed by atoms with Gasteiger partial charge in [-0.1, -0.05) is 61.4 Å². The molecule has 1 amide bonds. The van der Waals surface area contributed by atoms with Crippen LogP contribution < -0.4 is 0 Å². The van der Waals surface area contributed by atoms with Crippen molar-refractivity contribution in [2.45, 2.75) is 78.7 Å². The molecule has 0 saturated heterocycles. The number of amides is 1. The lowest BCUT2D eigenvalue weighted by Gasteiger charge is -2.35. The number of aliphatic hydroxyl groups is 1. The maximum atomic E-state index is 12.3. The number of rotatable bonds is 8. The highest BCUT2D eigenvalue weighted by Crippen LogP contribution is 2.47. The van der Waals surface area contributed by atoms with E-state index in [2.05, 4.69) is 42.5 Å². The molecule has 0 aromatic heterocycles. The quantitative estimate of drug-likeness (QED) is 0.402. The molecule has 1 N–H and O–H groups in total. The second-order valence-electron chi connectivity index (χ2n) is 8.91. The van der Waals surface area contributed by atoms with Gasteiger partial charge in [0.1, 0.15) is 11.9 Å². The van der Waals surface area contributed by atoms with Crippen molar-refractivity contribution in [2.75, 3.05) is 6.54 Å². The molecule has 0 heterocycles. The fourth-order valence-corrected chi connectivity index (χ4v) is 4.56.